The van der Waals surface area contributed by atoms with E-state index in [4.69, 9.17) is 0 Å². The Morgan fingerprint density at radius 1 is 0.913 bits per heavy atom. The van der Waals surface area contributed by atoms with E-state index in [2.05, 4.69) is 20.6 Å². The summed E-state index contributed by atoms with van der Waals surface area (Å²) in [7, 11) is 0. The van der Waals surface area contributed by atoms with Crippen LogP contribution in [0.1, 0.15) is 17.3 Å². The largest absolute Gasteiger partial charge is 0.326 e. The van der Waals surface area contributed by atoms with Gasteiger partial charge in [-0.15, -0.1) is 0 Å². The third-order valence-electron chi connectivity index (χ3n) is 3.22. The van der Waals surface area contributed by atoms with Crippen LogP contribution in [0.25, 0.3) is 11.0 Å². The Balaban J connectivity index is 1.82. The summed E-state index contributed by atoms with van der Waals surface area (Å²) in [5.41, 5.74) is 2.50. The lowest BCUT2D eigenvalue weighted by Gasteiger charge is -2.07. The predicted molar refractivity (Wildman–Crippen MR) is 87.6 cm³/mol. The van der Waals surface area contributed by atoms with E-state index in [-0.39, 0.29) is 17.5 Å². The Hall–Kier alpha value is -3.35. The second-order valence-electron chi connectivity index (χ2n) is 5.06. The van der Waals surface area contributed by atoms with Gasteiger partial charge in [-0.25, -0.2) is 4.79 Å². The average molecular weight is 310 g/mol. The van der Waals surface area contributed by atoms with E-state index in [9.17, 15) is 14.4 Å². The van der Waals surface area contributed by atoms with Crippen molar-refractivity contribution in [2.24, 2.45) is 0 Å². The number of aromatic amines is 2. The molecule has 4 N–H and O–H groups in total. The van der Waals surface area contributed by atoms with Gasteiger partial charge in [0.25, 0.3) is 5.91 Å². The molecule has 1 heterocycles. The molecule has 0 aliphatic rings. The molecule has 0 saturated carbocycles. The highest BCUT2D eigenvalue weighted by Gasteiger charge is 2.08. The smallest absolute Gasteiger partial charge is 0.323 e. The molecule has 7 heteroatoms. The first kappa shape index (κ1) is 14.6. The summed E-state index contributed by atoms with van der Waals surface area (Å²) < 4.78 is 0. The van der Waals surface area contributed by atoms with Crippen molar-refractivity contribution in [3.05, 3.63) is 58.5 Å². The number of amides is 2. The third kappa shape index (κ3) is 3.29. The summed E-state index contributed by atoms with van der Waals surface area (Å²) in [6.45, 7) is 1.40. The normalized spacial score (nSPS) is 10.5. The molecule has 116 valence electrons. The van der Waals surface area contributed by atoms with Crippen LogP contribution in [0, 0.1) is 0 Å². The van der Waals surface area contributed by atoms with Gasteiger partial charge in [0, 0.05) is 23.9 Å². The van der Waals surface area contributed by atoms with Crippen LogP contribution < -0.4 is 16.3 Å². The molecule has 2 aromatic carbocycles. The zero-order chi connectivity index (χ0) is 16.4. The monoisotopic (exact) mass is 310 g/mol. The van der Waals surface area contributed by atoms with E-state index in [0.717, 1.165) is 0 Å². The number of rotatable bonds is 3. The topological polar surface area (TPSA) is 107 Å². The van der Waals surface area contributed by atoms with Crippen LogP contribution in [0.3, 0.4) is 0 Å². The molecule has 0 aliphatic heterocycles. The SMILES string of the molecule is CC(=O)Nc1cccc(C(=O)Nc2ccc3[nH]c(=O)[nH]c3c2)c1. The van der Waals surface area contributed by atoms with Gasteiger partial charge in [0.15, 0.2) is 0 Å². The lowest BCUT2D eigenvalue weighted by molar-refractivity contribution is -0.114. The number of hydrogen-bond donors (Lipinski definition) is 4. The summed E-state index contributed by atoms with van der Waals surface area (Å²) in [4.78, 5) is 39.9. The fraction of sp³-hybridized carbons (Fsp3) is 0.0625. The molecule has 0 radical (unpaired) electrons. The van der Waals surface area contributed by atoms with Crippen molar-refractivity contribution >= 4 is 34.2 Å². The zero-order valence-electron chi connectivity index (χ0n) is 12.3. The van der Waals surface area contributed by atoms with E-state index >= 15 is 0 Å². The zero-order valence-corrected chi connectivity index (χ0v) is 12.3. The number of anilines is 2. The van der Waals surface area contributed by atoms with Crippen LogP contribution in [0.5, 0.6) is 0 Å². The van der Waals surface area contributed by atoms with Gasteiger partial charge in [0.2, 0.25) is 5.91 Å². The first-order valence-electron chi connectivity index (χ1n) is 6.92. The lowest BCUT2D eigenvalue weighted by atomic mass is 10.1. The van der Waals surface area contributed by atoms with Gasteiger partial charge in [-0.1, -0.05) is 6.07 Å². The molecule has 0 saturated heterocycles. The van der Waals surface area contributed by atoms with Crippen molar-refractivity contribution in [3.63, 3.8) is 0 Å². The first-order valence-corrected chi connectivity index (χ1v) is 6.92. The highest BCUT2D eigenvalue weighted by Crippen LogP contribution is 2.17. The van der Waals surface area contributed by atoms with Crippen LogP contribution in [0.2, 0.25) is 0 Å². The molecule has 23 heavy (non-hydrogen) atoms. The Labute approximate surface area is 130 Å². The third-order valence-corrected chi connectivity index (χ3v) is 3.22. The maximum absolute atomic E-state index is 12.3. The number of carbonyl (C=O) groups is 2. The average Bonchev–Trinajstić information content (AvgIpc) is 2.86. The molecule has 0 aliphatic carbocycles. The summed E-state index contributed by atoms with van der Waals surface area (Å²) in [5, 5.41) is 5.38. The highest BCUT2D eigenvalue weighted by molar-refractivity contribution is 6.05. The molecule has 0 spiro atoms. The van der Waals surface area contributed by atoms with Crippen LogP contribution in [0.15, 0.2) is 47.3 Å². The Morgan fingerprint density at radius 3 is 2.43 bits per heavy atom. The van der Waals surface area contributed by atoms with E-state index in [1.807, 2.05) is 0 Å². The Kier molecular flexibility index (Phi) is 3.68. The molecular weight excluding hydrogens is 296 g/mol. The van der Waals surface area contributed by atoms with Crippen LogP contribution in [-0.2, 0) is 4.79 Å². The van der Waals surface area contributed by atoms with Crippen molar-refractivity contribution in [2.75, 3.05) is 10.6 Å². The molecule has 3 rings (SSSR count). The van der Waals surface area contributed by atoms with E-state index in [0.29, 0.717) is 28.0 Å². The van der Waals surface area contributed by atoms with Gasteiger partial charge in [-0.05, 0) is 36.4 Å². The number of H-pyrrole nitrogens is 2. The minimum Gasteiger partial charge on any atom is -0.326 e. The van der Waals surface area contributed by atoms with Crippen molar-refractivity contribution in [1.82, 2.24) is 9.97 Å². The molecule has 1 aromatic heterocycles. The summed E-state index contributed by atoms with van der Waals surface area (Å²) >= 11 is 0. The van der Waals surface area contributed by atoms with Crippen molar-refractivity contribution in [1.29, 1.82) is 0 Å². The van der Waals surface area contributed by atoms with Gasteiger partial charge >= 0.3 is 5.69 Å². The molecule has 0 bridgehead atoms. The number of carbonyl (C=O) groups excluding carboxylic acids is 2. The van der Waals surface area contributed by atoms with Gasteiger partial charge in [0.05, 0.1) is 11.0 Å². The maximum atomic E-state index is 12.3. The Morgan fingerprint density at radius 2 is 1.65 bits per heavy atom. The minimum absolute atomic E-state index is 0.204. The predicted octanol–water partition coefficient (Wildman–Crippen LogP) is 2.07. The number of hydrogen-bond acceptors (Lipinski definition) is 3. The fourth-order valence-electron chi connectivity index (χ4n) is 2.26. The van der Waals surface area contributed by atoms with Gasteiger partial charge < -0.3 is 20.6 Å². The summed E-state index contributed by atoms with van der Waals surface area (Å²) in [6, 6.07) is 11.7. The number of imidazole rings is 1. The molecule has 0 fully saturated rings. The second-order valence-corrected chi connectivity index (χ2v) is 5.06. The molecule has 7 nitrogen and oxygen atoms in total. The van der Waals surface area contributed by atoms with E-state index in [1.165, 1.54) is 6.92 Å². The van der Waals surface area contributed by atoms with Crippen LogP contribution >= 0.6 is 0 Å². The number of nitrogens with one attached hydrogen (secondary N) is 4. The number of aromatic nitrogens is 2. The molecule has 0 atom stereocenters. The van der Waals surface area contributed by atoms with Gasteiger partial charge in [-0.2, -0.15) is 0 Å². The highest BCUT2D eigenvalue weighted by atomic mass is 16.2. The maximum Gasteiger partial charge on any atom is 0.323 e. The number of fused-ring (bicyclic) bond motifs is 1. The lowest BCUT2D eigenvalue weighted by Crippen LogP contribution is -2.13. The van der Waals surface area contributed by atoms with Gasteiger partial charge in [-0.3, -0.25) is 9.59 Å². The quantitative estimate of drug-likeness (QED) is 0.595. The standard InChI is InChI=1S/C16H14N4O3/c1-9(21)17-11-4-2-3-10(7-11)15(22)18-12-5-6-13-14(8-12)20-16(23)19-13/h2-8H,1H3,(H,17,21)(H,18,22)(H2,19,20,23). The Bertz CT molecular complexity index is 955. The van der Waals surface area contributed by atoms with Crippen molar-refractivity contribution in [2.45, 2.75) is 6.92 Å². The fourth-order valence-corrected chi connectivity index (χ4v) is 2.26. The van der Waals surface area contributed by atoms with E-state index < -0.39 is 0 Å². The van der Waals surface area contributed by atoms with Crippen LogP contribution in [0.4, 0.5) is 11.4 Å². The molecule has 0 unspecified atom stereocenters. The van der Waals surface area contributed by atoms with E-state index in [1.54, 1.807) is 42.5 Å². The molecule has 2 amide bonds. The number of benzene rings is 2. The van der Waals surface area contributed by atoms with Crippen LogP contribution in [-0.4, -0.2) is 21.8 Å². The minimum atomic E-state index is -0.311. The first-order chi connectivity index (χ1) is 11.0. The molecular formula is C16H14N4O3. The summed E-state index contributed by atoms with van der Waals surface area (Å²) in [5.74, 6) is -0.515. The van der Waals surface area contributed by atoms with Crippen molar-refractivity contribution < 1.29 is 9.59 Å². The molecule has 3 aromatic rings. The summed E-state index contributed by atoms with van der Waals surface area (Å²) in [6.07, 6.45) is 0. The van der Waals surface area contributed by atoms with Crippen molar-refractivity contribution in [3.8, 4) is 0 Å². The van der Waals surface area contributed by atoms with Gasteiger partial charge in [0.1, 0.15) is 0 Å². The second kappa shape index (κ2) is 5.80.